The predicted octanol–water partition coefficient (Wildman–Crippen LogP) is 2.10. The van der Waals surface area contributed by atoms with E-state index in [2.05, 4.69) is 0 Å². The first-order valence-electron chi connectivity index (χ1n) is 13.4. The van der Waals surface area contributed by atoms with E-state index in [1.165, 1.54) is 0 Å². The molecule has 6 N–H and O–H groups in total. The van der Waals surface area contributed by atoms with Crippen molar-refractivity contribution in [1.82, 2.24) is 0 Å². The summed E-state index contributed by atoms with van der Waals surface area (Å²) in [5.41, 5.74) is -4.62. The van der Waals surface area contributed by atoms with Gasteiger partial charge in [-0.05, 0) is 87.2 Å². The molecule has 7 nitrogen and oxygen atoms in total. The van der Waals surface area contributed by atoms with E-state index in [0.29, 0.717) is 37.7 Å². The first-order valence-corrected chi connectivity index (χ1v) is 13.4. The molecule has 7 heteroatoms. The van der Waals surface area contributed by atoms with Crippen molar-refractivity contribution in [3.05, 3.63) is 11.6 Å². The van der Waals surface area contributed by atoms with Gasteiger partial charge >= 0.3 is 0 Å². The van der Waals surface area contributed by atoms with E-state index in [0.717, 1.165) is 0 Å². The molecule has 0 radical (unpaired) electrons. The second-order valence-electron chi connectivity index (χ2n) is 13.6. The lowest BCUT2D eigenvalue weighted by Crippen LogP contribution is -2.63. The van der Waals surface area contributed by atoms with Gasteiger partial charge in [0.05, 0.1) is 35.1 Å². The van der Waals surface area contributed by atoms with E-state index in [1.54, 1.807) is 19.9 Å². The molecule has 0 heterocycles. The Hall–Kier alpha value is -0.830. The summed E-state index contributed by atoms with van der Waals surface area (Å²) in [5, 5.41) is 66.6. The molecular weight excluding hydrogens is 448 g/mol. The second-order valence-corrected chi connectivity index (χ2v) is 13.6. The van der Waals surface area contributed by atoms with Crippen molar-refractivity contribution in [2.24, 2.45) is 34.5 Å². The number of aliphatic hydroxyl groups is 6. The van der Waals surface area contributed by atoms with Crippen molar-refractivity contribution in [2.75, 3.05) is 0 Å². The van der Waals surface area contributed by atoms with E-state index in [9.17, 15) is 35.4 Å². The van der Waals surface area contributed by atoms with Crippen LogP contribution >= 0.6 is 0 Å². The fourth-order valence-corrected chi connectivity index (χ4v) is 8.37. The van der Waals surface area contributed by atoms with Crippen LogP contribution in [-0.4, -0.2) is 71.5 Å². The van der Waals surface area contributed by atoms with Crippen LogP contribution < -0.4 is 0 Å². The molecule has 4 aliphatic carbocycles. The van der Waals surface area contributed by atoms with Crippen molar-refractivity contribution >= 4 is 5.78 Å². The molecule has 0 aliphatic heterocycles. The van der Waals surface area contributed by atoms with Crippen LogP contribution in [-0.2, 0) is 4.79 Å². The van der Waals surface area contributed by atoms with E-state index in [1.807, 2.05) is 27.7 Å². The molecule has 35 heavy (non-hydrogen) atoms. The van der Waals surface area contributed by atoms with Gasteiger partial charge in [0, 0.05) is 17.8 Å². The molecule has 0 aromatic heterocycles. The van der Waals surface area contributed by atoms with Crippen LogP contribution in [0.1, 0.15) is 86.5 Å². The van der Waals surface area contributed by atoms with Gasteiger partial charge < -0.3 is 30.6 Å². The maximum Gasteiger partial charge on any atom is 0.159 e. The third kappa shape index (κ3) is 3.79. The zero-order valence-electron chi connectivity index (χ0n) is 22.2. The van der Waals surface area contributed by atoms with Crippen molar-refractivity contribution < 1.29 is 35.4 Å². The number of fused-ring (bicyclic) bond motifs is 5. The van der Waals surface area contributed by atoms with Gasteiger partial charge in [0.2, 0.25) is 0 Å². The van der Waals surface area contributed by atoms with Crippen LogP contribution in [0.5, 0.6) is 0 Å². The monoisotopic (exact) mass is 494 g/mol. The Kier molecular flexibility index (Phi) is 6.48. The molecule has 0 unspecified atom stereocenters. The summed E-state index contributed by atoms with van der Waals surface area (Å²) in [6, 6.07) is 0. The van der Waals surface area contributed by atoms with Gasteiger partial charge in [-0.2, -0.15) is 0 Å². The highest BCUT2D eigenvalue weighted by Gasteiger charge is 2.69. The summed E-state index contributed by atoms with van der Waals surface area (Å²) in [6.45, 7) is 11.0. The highest BCUT2D eigenvalue weighted by atomic mass is 16.3. The Bertz CT molecular complexity index is 894. The second kappa shape index (κ2) is 8.34. The molecule has 200 valence electrons. The minimum absolute atomic E-state index is 0.0203. The molecule has 0 saturated heterocycles. The third-order valence-electron chi connectivity index (χ3n) is 11.3. The van der Waals surface area contributed by atoms with Crippen LogP contribution in [0.3, 0.4) is 0 Å². The number of rotatable bonds is 5. The minimum Gasteiger partial charge on any atom is -0.390 e. The lowest BCUT2D eigenvalue weighted by molar-refractivity contribution is -0.184. The molecule has 4 aliphatic rings. The van der Waals surface area contributed by atoms with Crippen molar-refractivity contribution in [3.63, 3.8) is 0 Å². The maximum atomic E-state index is 13.3. The Morgan fingerprint density at radius 2 is 1.69 bits per heavy atom. The standard InChI is InChI=1S/C28H46O7/c1-15(2)26(5,33)14-23(32)27(6,34)22-8-10-28(35)17-11-19(29)18-12-20(30)21(31)13-24(18,3)16(17)7-9-25(22,28)4/h11,15-16,18,20-23,30-35H,7-10,12-14H2,1-6H3/t16-,18-,20-,21+,22-,23-,24-,25-,26-,27-,28-/m1/s1. The van der Waals surface area contributed by atoms with Crippen molar-refractivity contribution in [1.29, 1.82) is 0 Å². The number of hydrogen-bond donors (Lipinski definition) is 6. The Labute approximate surface area is 209 Å². The van der Waals surface area contributed by atoms with E-state index < -0.39 is 51.9 Å². The predicted molar refractivity (Wildman–Crippen MR) is 131 cm³/mol. The summed E-state index contributed by atoms with van der Waals surface area (Å²) in [4.78, 5) is 13.3. The quantitative estimate of drug-likeness (QED) is 0.344. The third-order valence-corrected chi connectivity index (χ3v) is 11.3. The molecular formula is C28H46O7. The van der Waals surface area contributed by atoms with Crippen LogP contribution in [0.2, 0.25) is 0 Å². The Balaban J connectivity index is 1.68. The van der Waals surface area contributed by atoms with E-state index in [-0.39, 0.29) is 36.4 Å². The SMILES string of the molecule is CC(C)[C@](C)(O)C[C@@H](O)[C@](C)(O)[C@@H]1CC[C@@]2(O)C3=CC(=O)[C@H]4C[C@@H](O)[C@@H](O)C[C@]4(C)[C@@H]3CC[C@]12C. The number of carbonyl (C=O) groups is 1. The van der Waals surface area contributed by atoms with Crippen LogP contribution in [0.25, 0.3) is 0 Å². The number of ketones is 1. The number of hydrogen-bond acceptors (Lipinski definition) is 7. The smallest absolute Gasteiger partial charge is 0.159 e. The van der Waals surface area contributed by atoms with E-state index in [4.69, 9.17) is 0 Å². The summed E-state index contributed by atoms with van der Waals surface area (Å²) >= 11 is 0. The average molecular weight is 495 g/mol. The molecule has 11 atom stereocenters. The lowest BCUT2D eigenvalue weighted by Gasteiger charge is -2.60. The fraction of sp³-hybridized carbons (Fsp3) is 0.893. The van der Waals surface area contributed by atoms with Gasteiger partial charge in [0.1, 0.15) is 0 Å². The highest BCUT2D eigenvalue weighted by molar-refractivity contribution is 5.95. The maximum absolute atomic E-state index is 13.3. The largest absolute Gasteiger partial charge is 0.390 e. The van der Waals surface area contributed by atoms with E-state index >= 15 is 0 Å². The molecule has 0 amide bonds. The summed E-state index contributed by atoms with van der Waals surface area (Å²) in [6.07, 6.45) is 1.32. The Morgan fingerprint density at radius 3 is 2.29 bits per heavy atom. The summed E-state index contributed by atoms with van der Waals surface area (Å²) in [5.74, 6) is -1.12. The zero-order chi connectivity index (χ0) is 26.4. The molecule has 3 fully saturated rings. The van der Waals surface area contributed by atoms with Gasteiger partial charge in [-0.3, -0.25) is 4.79 Å². The van der Waals surface area contributed by atoms with Gasteiger partial charge in [-0.25, -0.2) is 0 Å². The minimum atomic E-state index is -1.54. The molecule has 0 aromatic carbocycles. The fourth-order valence-electron chi connectivity index (χ4n) is 8.37. The number of allylic oxidation sites excluding steroid dienone is 1. The zero-order valence-corrected chi connectivity index (χ0v) is 22.2. The molecule has 4 rings (SSSR count). The topological polar surface area (TPSA) is 138 Å². The average Bonchev–Trinajstić information content (AvgIpc) is 3.02. The number of carbonyl (C=O) groups excluding carboxylic acids is 1. The van der Waals surface area contributed by atoms with Gasteiger partial charge in [0.25, 0.3) is 0 Å². The molecule has 0 bridgehead atoms. The van der Waals surface area contributed by atoms with Gasteiger partial charge in [-0.15, -0.1) is 0 Å². The summed E-state index contributed by atoms with van der Waals surface area (Å²) < 4.78 is 0. The molecule has 0 spiro atoms. The lowest BCUT2D eigenvalue weighted by atomic mass is 9.45. The van der Waals surface area contributed by atoms with Crippen molar-refractivity contribution in [3.8, 4) is 0 Å². The Morgan fingerprint density at radius 1 is 1.06 bits per heavy atom. The molecule has 0 aromatic rings. The van der Waals surface area contributed by atoms with Gasteiger partial charge in [0.15, 0.2) is 5.78 Å². The van der Waals surface area contributed by atoms with Gasteiger partial charge in [-0.1, -0.05) is 27.7 Å². The van der Waals surface area contributed by atoms with Crippen LogP contribution in [0.15, 0.2) is 11.6 Å². The van der Waals surface area contributed by atoms with Crippen LogP contribution in [0.4, 0.5) is 0 Å². The summed E-state index contributed by atoms with van der Waals surface area (Å²) in [7, 11) is 0. The number of aliphatic hydroxyl groups excluding tert-OH is 3. The van der Waals surface area contributed by atoms with Crippen LogP contribution in [0, 0.1) is 34.5 Å². The first-order chi connectivity index (χ1) is 15.9. The highest BCUT2D eigenvalue weighted by Crippen LogP contribution is 2.68. The molecule has 3 saturated carbocycles. The van der Waals surface area contributed by atoms with Crippen molar-refractivity contribution in [2.45, 2.75) is 122 Å². The first kappa shape index (κ1) is 27.2. The normalized spacial score (nSPS) is 47.7.